The Hall–Kier alpha value is 0.500. The molecule has 0 saturated carbocycles. The molecule has 0 aromatic heterocycles. The fraction of sp³-hybridized carbons (Fsp3) is 1.00. The summed E-state index contributed by atoms with van der Waals surface area (Å²) in [6, 6.07) is 0. The van der Waals surface area contributed by atoms with Crippen LogP contribution in [0, 0.1) is 0 Å². The molecule has 5 nitrogen and oxygen atoms in total. The molecule has 4 atom stereocenters. The van der Waals surface area contributed by atoms with Crippen LogP contribution >= 0.6 is 23.5 Å². The van der Waals surface area contributed by atoms with Gasteiger partial charge in [-0.15, -0.1) is 23.5 Å². The zero-order valence-corrected chi connectivity index (χ0v) is 10.3. The van der Waals surface area contributed by atoms with E-state index in [9.17, 15) is 15.3 Å². The van der Waals surface area contributed by atoms with Gasteiger partial charge in [0.1, 0.15) is 18.3 Å². The highest BCUT2D eigenvalue weighted by molar-refractivity contribution is 8.17. The van der Waals surface area contributed by atoms with Crippen LogP contribution in [0.4, 0.5) is 0 Å². The van der Waals surface area contributed by atoms with E-state index >= 15 is 0 Å². The Morgan fingerprint density at radius 1 is 1.25 bits per heavy atom. The van der Waals surface area contributed by atoms with Crippen LogP contribution in [0.3, 0.4) is 0 Å². The van der Waals surface area contributed by atoms with Gasteiger partial charge in [-0.25, -0.2) is 0 Å². The molecule has 2 aliphatic heterocycles. The normalized spacial score (nSPS) is 46.1. The highest BCUT2D eigenvalue weighted by Gasteiger charge is 2.55. The number of aliphatic hydroxyl groups is 4. The maximum Gasteiger partial charge on any atom is 0.219 e. The summed E-state index contributed by atoms with van der Waals surface area (Å²) in [5.41, 5.74) is 0. The summed E-state index contributed by atoms with van der Waals surface area (Å²) in [7, 11) is 0. The summed E-state index contributed by atoms with van der Waals surface area (Å²) in [6.07, 6.45) is -2.13. The number of ether oxygens (including phenoxy) is 1. The molecule has 0 radical (unpaired) electrons. The van der Waals surface area contributed by atoms with Crippen molar-refractivity contribution in [2.45, 2.75) is 35.1 Å². The van der Waals surface area contributed by atoms with Gasteiger partial charge in [0, 0.05) is 0 Å². The zero-order chi connectivity index (χ0) is 11.8. The van der Waals surface area contributed by atoms with Gasteiger partial charge in [-0.1, -0.05) is 0 Å². The quantitative estimate of drug-likeness (QED) is 0.510. The van der Waals surface area contributed by atoms with Gasteiger partial charge in [-0.3, -0.25) is 0 Å². The maximum absolute atomic E-state index is 9.80. The lowest BCUT2D eigenvalue weighted by Gasteiger charge is -2.28. The third-order valence-electron chi connectivity index (χ3n) is 2.81. The van der Waals surface area contributed by atoms with E-state index in [2.05, 4.69) is 0 Å². The number of hydrogen-bond donors (Lipinski definition) is 4. The summed E-state index contributed by atoms with van der Waals surface area (Å²) in [5.74, 6) is -0.0571. The van der Waals surface area contributed by atoms with Crippen LogP contribution in [0.15, 0.2) is 0 Å². The summed E-state index contributed by atoms with van der Waals surface area (Å²) in [5, 5.41) is 38.1. The van der Waals surface area contributed by atoms with Gasteiger partial charge in [-0.2, -0.15) is 0 Å². The molecule has 2 saturated heterocycles. The molecular weight excluding hydrogens is 252 g/mol. The van der Waals surface area contributed by atoms with E-state index in [1.165, 1.54) is 0 Å². The fourth-order valence-electron chi connectivity index (χ4n) is 1.86. The molecule has 2 heterocycles. The van der Waals surface area contributed by atoms with E-state index in [1.807, 2.05) is 0 Å². The molecule has 0 amide bonds. The van der Waals surface area contributed by atoms with Crippen LogP contribution in [0.1, 0.15) is 6.42 Å². The van der Waals surface area contributed by atoms with Crippen LogP contribution in [0.5, 0.6) is 0 Å². The van der Waals surface area contributed by atoms with Gasteiger partial charge in [0.2, 0.25) is 5.79 Å². The van der Waals surface area contributed by atoms with Crippen LogP contribution < -0.4 is 0 Å². The molecule has 16 heavy (non-hydrogen) atoms. The van der Waals surface area contributed by atoms with E-state index in [1.54, 1.807) is 23.5 Å². The third-order valence-corrected chi connectivity index (χ3v) is 5.87. The standard InChI is InChI=1S/C9H16O5S2/c10-4-9(13)7(12)5(11)6(14-9)8-15-2-1-3-16-8/h5-8,10-13H,1-4H2/t5-,6+,7+,9-/m1/s1. The summed E-state index contributed by atoms with van der Waals surface area (Å²) >= 11 is 3.30. The molecule has 2 aliphatic rings. The molecule has 0 aliphatic carbocycles. The lowest BCUT2D eigenvalue weighted by molar-refractivity contribution is -0.244. The van der Waals surface area contributed by atoms with Crippen LogP contribution in [-0.4, -0.2) is 67.2 Å². The van der Waals surface area contributed by atoms with Crippen LogP contribution in [0.25, 0.3) is 0 Å². The van der Waals surface area contributed by atoms with Crippen molar-refractivity contribution in [1.82, 2.24) is 0 Å². The third kappa shape index (κ3) is 2.22. The lowest BCUT2D eigenvalue weighted by Crippen LogP contribution is -2.46. The number of thioether (sulfide) groups is 2. The van der Waals surface area contributed by atoms with E-state index < -0.39 is 30.7 Å². The average Bonchev–Trinajstić information content (AvgIpc) is 2.56. The van der Waals surface area contributed by atoms with E-state index in [-0.39, 0.29) is 4.58 Å². The molecule has 94 valence electrons. The number of rotatable bonds is 2. The first-order chi connectivity index (χ1) is 7.58. The average molecular weight is 268 g/mol. The second-order valence-electron chi connectivity index (χ2n) is 3.98. The van der Waals surface area contributed by atoms with E-state index in [0.29, 0.717) is 0 Å². The smallest absolute Gasteiger partial charge is 0.219 e. The molecule has 0 aromatic rings. The summed E-state index contributed by atoms with van der Waals surface area (Å²) < 4.78 is 5.23. The van der Waals surface area contributed by atoms with E-state index in [0.717, 1.165) is 17.9 Å². The first kappa shape index (κ1) is 12.9. The lowest BCUT2D eigenvalue weighted by atomic mass is 10.1. The Morgan fingerprint density at radius 3 is 2.38 bits per heavy atom. The van der Waals surface area contributed by atoms with Crippen molar-refractivity contribution in [3.05, 3.63) is 0 Å². The molecule has 7 heteroatoms. The largest absolute Gasteiger partial charge is 0.391 e. The van der Waals surface area contributed by atoms with Crippen LogP contribution in [0.2, 0.25) is 0 Å². The highest BCUT2D eigenvalue weighted by Crippen LogP contribution is 2.41. The first-order valence-corrected chi connectivity index (χ1v) is 7.28. The summed E-state index contributed by atoms with van der Waals surface area (Å²) in [4.78, 5) is 0. The molecule has 0 bridgehead atoms. The van der Waals surface area contributed by atoms with E-state index in [4.69, 9.17) is 9.84 Å². The predicted octanol–water partition coefficient (Wildman–Crippen LogP) is -1.02. The highest BCUT2D eigenvalue weighted by atomic mass is 32.2. The second kappa shape index (κ2) is 5.01. The first-order valence-electron chi connectivity index (χ1n) is 5.19. The fourth-order valence-corrected chi connectivity index (χ4v) is 4.91. The molecule has 2 fully saturated rings. The van der Waals surface area contributed by atoms with Crippen molar-refractivity contribution in [3.8, 4) is 0 Å². The van der Waals surface area contributed by atoms with Gasteiger partial charge < -0.3 is 25.2 Å². The van der Waals surface area contributed by atoms with Crippen molar-refractivity contribution in [3.63, 3.8) is 0 Å². The molecule has 0 unspecified atom stereocenters. The zero-order valence-electron chi connectivity index (χ0n) is 8.65. The Balaban J connectivity index is 2.06. The molecular formula is C9H16O5S2. The predicted molar refractivity (Wildman–Crippen MR) is 62.2 cm³/mol. The van der Waals surface area contributed by atoms with Crippen LogP contribution in [-0.2, 0) is 4.74 Å². The Kier molecular flexibility index (Phi) is 4.05. The minimum Gasteiger partial charge on any atom is -0.391 e. The Bertz CT molecular complexity index is 246. The molecule has 0 aromatic carbocycles. The van der Waals surface area contributed by atoms with Gasteiger partial charge in [0.05, 0.1) is 11.2 Å². The van der Waals surface area contributed by atoms with Crippen molar-refractivity contribution < 1.29 is 25.2 Å². The van der Waals surface area contributed by atoms with Gasteiger partial charge in [0.15, 0.2) is 0 Å². The van der Waals surface area contributed by atoms with Gasteiger partial charge in [-0.05, 0) is 17.9 Å². The van der Waals surface area contributed by atoms with Crippen molar-refractivity contribution in [2.75, 3.05) is 18.1 Å². The minimum absolute atomic E-state index is 0.000949. The monoisotopic (exact) mass is 268 g/mol. The number of aliphatic hydroxyl groups excluding tert-OH is 3. The molecule has 0 spiro atoms. The SMILES string of the molecule is OC[C@@]1(O)O[C@H](C2SCCCS2)[C@@H](O)[C@@H]1O. The maximum atomic E-state index is 9.80. The van der Waals surface area contributed by atoms with Crippen molar-refractivity contribution in [1.29, 1.82) is 0 Å². The molecule has 2 rings (SSSR count). The Morgan fingerprint density at radius 2 is 1.88 bits per heavy atom. The summed E-state index contributed by atoms with van der Waals surface area (Å²) in [6.45, 7) is -0.718. The topological polar surface area (TPSA) is 90.2 Å². The second-order valence-corrected chi connectivity index (χ2v) is 6.78. The molecule has 4 N–H and O–H groups in total. The Labute approximate surface area is 102 Å². The van der Waals surface area contributed by atoms with Gasteiger partial charge in [0.25, 0.3) is 0 Å². The van der Waals surface area contributed by atoms with Crippen molar-refractivity contribution >= 4 is 23.5 Å². The van der Waals surface area contributed by atoms with Crippen molar-refractivity contribution in [2.24, 2.45) is 0 Å². The number of hydrogen-bond acceptors (Lipinski definition) is 7. The van der Waals surface area contributed by atoms with Gasteiger partial charge >= 0.3 is 0 Å². The minimum atomic E-state index is -2.03.